The standard InChI is InChI=1S/C9H16N2/c10-7-5-3-1-2-4-6-9-8-11-9/h9,11H,1-6,8H2. The maximum absolute atomic E-state index is 8.26. The maximum atomic E-state index is 8.26. The SMILES string of the molecule is N#CCCCCCCC1CN1. The predicted octanol–water partition coefficient (Wildman–Crippen LogP) is 1.82. The van der Waals surface area contributed by atoms with Crippen LogP contribution in [-0.2, 0) is 0 Å². The summed E-state index contributed by atoms with van der Waals surface area (Å²) in [5, 5.41) is 11.5. The molecule has 2 heteroatoms. The fourth-order valence-corrected chi connectivity index (χ4v) is 1.24. The monoisotopic (exact) mass is 152 g/mol. The second-order valence-electron chi connectivity index (χ2n) is 3.22. The van der Waals surface area contributed by atoms with Crippen LogP contribution in [-0.4, -0.2) is 12.6 Å². The van der Waals surface area contributed by atoms with E-state index in [1.807, 2.05) is 0 Å². The van der Waals surface area contributed by atoms with Crippen LogP contribution in [0.5, 0.6) is 0 Å². The molecule has 62 valence electrons. The summed E-state index contributed by atoms with van der Waals surface area (Å²) in [6.07, 6.45) is 7.05. The van der Waals surface area contributed by atoms with E-state index >= 15 is 0 Å². The van der Waals surface area contributed by atoms with Crippen LogP contribution in [0.2, 0.25) is 0 Å². The molecule has 1 heterocycles. The first-order valence-corrected chi connectivity index (χ1v) is 4.54. The molecule has 1 N–H and O–H groups in total. The van der Waals surface area contributed by atoms with Crippen molar-refractivity contribution in [1.29, 1.82) is 5.26 Å². The minimum Gasteiger partial charge on any atom is -0.311 e. The van der Waals surface area contributed by atoms with Crippen molar-refractivity contribution in [3.63, 3.8) is 0 Å². The van der Waals surface area contributed by atoms with Crippen molar-refractivity contribution in [1.82, 2.24) is 5.32 Å². The molecule has 0 aromatic heterocycles. The lowest BCUT2D eigenvalue weighted by molar-refractivity contribution is 0.615. The summed E-state index contributed by atoms with van der Waals surface area (Å²) in [7, 11) is 0. The highest BCUT2D eigenvalue weighted by molar-refractivity contribution is 4.82. The van der Waals surface area contributed by atoms with Crippen molar-refractivity contribution in [2.24, 2.45) is 0 Å². The summed E-state index contributed by atoms with van der Waals surface area (Å²) in [6, 6.07) is 3.01. The summed E-state index contributed by atoms with van der Waals surface area (Å²) in [5.74, 6) is 0. The number of hydrogen-bond donors (Lipinski definition) is 1. The van der Waals surface area contributed by atoms with Crippen LogP contribution >= 0.6 is 0 Å². The van der Waals surface area contributed by atoms with E-state index in [-0.39, 0.29) is 0 Å². The van der Waals surface area contributed by atoms with Gasteiger partial charge in [-0.15, -0.1) is 0 Å². The quantitative estimate of drug-likeness (QED) is 0.466. The largest absolute Gasteiger partial charge is 0.311 e. The molecule has 11 heavy (non-hydrogen) atoms. The molecule has 0 amide bonds. The highest BCUT2D eigenvalue weighted by atomic mass is 15.1. The molecule has 0 aromatic carbocycles. The van der Waals surface area contributed by atoms with E-state index in [2.05, 4.69) is 11.4 Å². The second kappa shape index (κ2) is 5.15. The number of nitrogens with zero attached hydrogens (tertiary/aromatic N) is 1. The molecule has 2 nitrogen and oxygen atoms in total. The van der Waals surface area contributed by atoms with Gasteiger partial charge >= 0.3 is 0 Å². The van der Waals surface area contributed by atoms with Crippen molar-refractivity contribution < 1.29 is 0 Å². The van der Waals surface area contributed by atoms with Gasteiger partial charge in [-0.1, -0.05) is 19.3 Å². The zero-order valence-electron chi connectivity index (χ0n) is 6.97. The van der Waals surface area contributed by atoms with Crippen molar-refractivity contribution in [3.8, 4) is 6.07 Å². The normalized spacial score (nSPS) is 21.2. The molecular formula is C9H16N2. The first-order valence-electron chi connectivity index (χ1n) is 4.54. The molecular weight excluding hydrogens is 136 g/mol. The van der Waals surface area contributed by atoms with Gasteiger partial charge in [-0.05, 0) is 12.8 Å². The number of unbranched alkanes of at least 4 members (excludes halogenated alkanes) is 4. The topological polar surface area (TPSA) is 45.7 Å². The van der Waals surface area contributed by atoms with Crippen LogP contribution in [0.15, 0.2) is 0 Å². The van der Waals surface area contributed by atoms with Crippen molar-refractivity contribution >= 4 is 0 Å². The molecule has 0 saturated carbocycles. The lowest BCUT2D eigenvalue weighted by Crippen LogP contribution is -1.89. The fraction of sp³-hybridized carbons (Fsp3) is 0.889. The first kappa shape index (κ1) is 8.55. The Balaban J connectivity index is 1.70. The third-order valence-electron chi connectivity index (χ3n) is 2.08. The Morgan fingerprint density at radius 3 is 2.64 bits per heavy atom. The van der Waals surface area contributed by atoms with Crippen LogP contribution in [0.4, 0.5) is 0 Å². The summed E-state index contributed by atoms with van der Waals surface area (Å²) >= 11 is 0. The van der Waals surface area contributed by atoms with Gasteiger partial charge in [0.15, 0.2) is 0 Å². The van der Waals surface area contributed by atoms with Crippen molar-refractivity contribution in [2.45, 2.75) is 44.6 Å². The lowest BCUT2D eigenvalue weighted by atomic mass is 10.1. The molecule has 0 spiro atoms. The van der Waals surface area contributed by atoms with E-state index in [0.29, 0.717) is 0 Å². The maximum Gasteiger partial charge on any atom is 0.0621 e. The Morgan fingerprint density at radius 2 is 2.00 bits per heavy atom. The molecule has 0 aliphatic carbocycles. The van der Waals surface area contributed by atoms with Gasteiger partial charge in [-0.25, -0.2) is 0 Å². The Morgan fingerprint density at radius 1 is 1.27 bits per heavy atom. The third-order valence-corrected chi connectivity index (χ3v) is 2.08. The second-order valence-corrected chi connectivity index (χ2v) is 3.22. The number of nitrogens with one attached hydrogen (secondary N) is 1. The fourth-order valence-electron chi connectivity index (χ4n) is 1.24. The van der Waals surface area contributed by atoms with Gasteiger partial charge in [0.05, 0.1) is 6.07 Å². The Hall–Kier alpha value is -0.550. The average molecular weight is 152 g/mol. The molecule has 0 aromatic rings. The summed E-state index contributed by atoms with van der Waals surface area (Å²) in [4.78, 5) is 0. The van der Waals surface area contributed by atoms with Crippen molar-refractivity contribution in [3.05, 3.63) is 0 Å². The van der Waals surface area contributed by atoms with E-state index in [4.69, 9.17) is 5.26 Å². The number of hydrogen-bond acceptors (Lipinski definition) is 2. The lowest BCUT2D eigenvalue weighted by Gasteiger charge is -1.96. The molecule has 0 bridgehead atoms. The number of nitriles is 1. The summed E-state index contributed by atoms with van der Waals surface area (Å²) < 4.78 is 0. The number of rotatable bonds is 6. The van der Waals surface area contributed by atoms with Gasteiger partial charge in [-0.3, -0.25) is 0 Å². The predicted molar refractivity (Wildman–Crippen MR) is 45.1 cm³/mol. The zero-order valence-corrected chi connectivity index (χ0v) is 6.97. The highest BCUT2D eigenvalue weighted by Gasteiger charge is 2.18. The zero-order chi connectivity index (χ0) is 7.94. The van der Waals surface area contributed by atoms with Crippen LogP contribution in [0.1, 0.15) is 38.5 Å². The Labute approximate surface area is 68.6 Å². The van der Waals surface area contributed by atoms with E-state index in [1.54, 1.807) is 0 Å². The smallest absolute Gasteiger partial charge is 0.0621 e. The molecule has 1 fully saturated rings. The average Bonchev–Trinajstić information content (AvgIpc) is 2.80. The summed E-state index contributed by atoms with van der Waals surface area (Å²) in [5.41, 5.74) is 0. The van der Waals surface area contributed by atoms with Crippen LogP contribution in [0.25, 0.3) is 0 Å². The minimum absolute atomic E-state index is 0.738. The Bertz CT molecular complexity index is 133. The van der Waals surface area contributed by atoms with E-state index in [0.717, 1.165) is 18.9 Å². The van der Waals surface area contributed by atoms with Gasteiger partial charge < -0.3 is 5.32 Å². The first-order chi connectivity index (χ1) is 5.43. The minimum atomic E-state index is 0.738. The van der Waals surface area contributed by atoms with Gasteiger partial charge in [-0.2, -0.15) is 5.26 Å². The van der Waals surface area contributed by atoms with Gasteiger partial charge in [0.2, 0.25) is 0 Å². The molecule has 1 atom stereocenters. The molecule has 1 saturated heterocycles. The summed E-state index contributed by atoms with van der Waals surface area (Å²) in [6.45, 7) is 1.23. The van der Waals surface area contributed by atoms with E-state index < -0.39 is 0 Å². The van der Waals surface area contributed by atoms with Crippen LogP contribution in [0.3, 0.4) is 0 Å². The third kappa shape index (κ3) is 4.80. The molecule has 1 rings (SSSR count). The van der Waals surface area contributed by atoms with E-state index in [1.165, 1.54) is 32.2 Å². The van der Waals surface area contributed by atoms with Crippen LogP contribution < -0.4 is 5.32 Å². The highest BCUT2D eigenvalue weighted by Crippen LogP contribution is 2.11. The van der Waals surface area contributed by atoms with Gasteiger partial charge in [0.25, 0.3) is 0 Å². The van der Waals surface area contributed by atoms with Gasteiger partial charge in [0, 0.05) is 19.0 Å². The van der Waals surface area contributed by atoms with E-state index in [9.17, 15) is 0 Å². The molecule has 0 radical (unpaired) electrons. The van der Waals surface area contributed by atoms with Crippen LogP contribution in [0, 0.1) is 11.3 Å². The molecule has 1 aliphatic rings. The molecule has 1 aliphatic heterocycles. The van der Waals surface area contributed by atoms with Crippen molar-refractivity contribution in [2.75, 3.05) is 6.54 Å². The van der Waals surface area contributed by atoms with Gasteiger partial charge in [0.1, 0.15) is 0 Å². The molecule has 1 unspecified atom stereocenters. The Kier molecular flexibility index (Phi) is 4.00.